The van der Waals surface area contributed by atoms with Crippen LogP contribution in [0, 0.1) is 0 Å². The average molecular weight is 302 g/mol. The van der Waals surface area contributed by atoms with Crippen LogP contribution in [0.15, 0.2) is 36.7 Å². The van der Waals surface area contributed by atoms with Crippen molar-refractivity contribution in [1.29, 1.82) is 0 Å². The number of benzene rings is 1. The van der Waals surface area contributed by atoms with Crippen LogP contribution in [0.25, 0.3) is 0 Å². The average Bonchev–Trinajstić information content (AvgIpc) is 2.41. The summed E-state index contributed by atoms with van der Waals surface area (Å²) in [6.45, 7) is 0. The van der Waals surface area contributed by atoms with Crippen molar-refractivity contribution in [3.63, 3.8) is 0 Å². The quantitative estimate of drug-likeness (QED) is 0.925. The number of hydrogen-bond acceptors (Lipinski definition) is 3. The molecule has 0 aliphatic heterocycles. The van der Waals surface area contributed by atoms with Crippen LogP contribution in [0.4, 0.5) is 18.9 Å². The molecule has 2 rings (SSSR count). The maximum absolute atomic E-state index is 12.6. The van der Waals surface area contributed by atoms with Crippen molar-refractivity contribution >= 4 is 23.2 Å². The number of halogens is 4. The van der Waals surface area contributed by atoms with E-state index in [0.717, 1.165) is 18.2 Å². The number of anilines is 1. The van der Waals surface area contributed by atoms with Gasteiger partial charge in [0.2, 0.25) is 5.82 Å². The van der Waals surface area contributed by atoms with E-state index in [-0.39, 0.29) is 16.5 Å². The van der Waals surface area contributed by atoms with Crippen LogP contribution in [-0.2, 0) is 6.18 Å². The maximum Gasteiger partial charge on any atom is 0.416 e. The molecule has 20 heavy (non-hydrogen) atoms. The second-order valence-electron chi connectivity index (χ2n) is 3.72. The van der Waals surface area contributed by atoms with Crippen LogP contribution in [0.3, 0.4) is 0 Å². The molecule has 1 amide bonds. The van der Waals surface area contributed by atoms with Crippen molar-refractivity contribution in [2.45, 2.75) is 6.18 Å². The lowest BCUT2D eigenvalue weighted by atomic mass is 10.2. The van der Waals surface area contributed by atoms with Gasteiger partial charge in [0.25, 0.3) is 5.91 Å². The zero-order valence-corrected chi connectivity index (χ0v) is 10.5. The van der Waals surface area contributed by atoms with Crippen molar-refractivity contribution in [1.82, 2.24) is 9.97 Å². The summed E-state index contributed by atoms with van der Waals surface area (Å²) in [5.41, 5.74) is -1.06. The maximum atomic E-state index is 12.6. The smallest absolute Gasteiger partial charge is 0.318 e. The Kier molecular flexibility index (Phi) is 3.89. The summed E-state index contributed by atoms with van der Waals surface area (Å²) in [6, 6.07) is 4.15. The summed E-state index contributed by atoms with van der Waals surface area (Å²) in [7, 11) is 0. The van der Waals surface area contributed by atoms with Gasteiger partial charge in [-0.05, 0) is 24.3 Å². The first-order chi connectivity index (χ1) is 9.38. The Morgan fingerprint density at radius 3 is 2.45 bits per heavy atom. The van der Waals surface area contributed by atoms with Crippen molar-refractivity contribution in [2.75, 3.05) is 5.32 Å². The highest BCUT2D eigenvalue weighted by Crippen LogP contribution is 2.33. The van der Waals surface area contributed by atoms with Crippen molar-refractivity contribution in [3.8, 4) is 0 Å². The fraction of sp³-hybridized carbons (Fsp3) is 0.0833. The fourth-order valence-electron chi connectivity index (χ4n) is 1.39. The first-order valence-corrected chi connectivity index (χ1v) is 5.71. The monoisotopic (exact) mass is 301 g/mol. The number of carbonyl (C=O) groups is 1. The Hall–Kier alpha value is -2.15. The van der Waals surface area contributed by atoms with Crippen LogP contribution in [-0.4, -0.2) is 15.9 Å². The Morgan fingerprint density at radius 2 is 1.85 bits per heavy atom. The zero-order valence-electron chi connectivity index (χ0n) is 9.78. The molecule has 0 aliphatic rings. The van der Waals surface area contributed by atoms with Gasteiger partial charge >= 0.3 is 6.18 Å². The van der Waals surface area contributed by atoms with Crippen molar-refractivity contribution < 1.29 is 18.0 Å². The summed E-state index contributed by atoms with van der Waals surface area (Å²) >= 11 is 5.75. The number of aromatic nitrogens is 2. The molecule has 0 saturated heterocycles. The third-order valence-electron chi connectivity index (χ3n) is 2.31. The molecule has 2 aromatic rings. The molecule has 1 heterocycles. The third-order valence-corrected chi connectivity index (χ3v) is 2.64. The van der Waals surface area contributed by atoms with Gasteiger partial charge in [0.15, 0.2) is 0 Å². The summed E-state index contributed by atoms with van der Waals surface area (Å²) in [5, 5.41) is 2.23. The molecular formula is C12H7ClF3N3O. The molecule has 1 aromatic heterocycles. The molecule has 104 valence electrons. The summed E-state index contributed by atoms with van der Waals surface area (Å²) in [5.74, 6) is -0.909. The number of nitrogens with one attached hydrogen (secondary N) is 1. The second-order valence-corrected chi connectivity index (χ2v) is 4.13. The zero-order chi connectivity index (χ0) is 14.8. The van der Waals surface area contributed by atoms with Crippen LogP contribution in [0.1, 0.15) is 16.2 Å². The largest absolute Gasteiger partial charge is 0.416 e. The van der Waals surface area contributed by atoms with E-state index in [1.54, 1.807) is 0 Å². The Bertz CT molecular complexity index is 632. The molecule has 0 unspecified atom stereocenters. The topological polar surface area (TPSA) is 54.9 Å². The third kappa shape index (κ3) is 3.24. The van der Waals surface area contributed by atoms with Gasteiger partial charge in [0.05, 0.1) is 16.3 Å². The standard InChI is InChI=1S/C12H7ClF3N3O/c13-8-3-2-7(12(14,15)16)6-9(8)19-11(20)10-17-4-1-5-18-10/h1-6H,(H,19,20). The number of rotatable bonds is 2. The van der Waals surface area contributed by atoms with Gasteiger partial charge in [0, 0.05) is 12.4 Å². The molecular weight excluding hydrogens is 295 g/mol. The van der Waals surface area contributed by atoms with Crippen LogP contribution < -0.4 is 5.32 Å². The molecule has 0 atom stereocenters. The van der Waals surface area contributed by atoms with Gasteiger partial charge < -0.3 is 5.32 Å². The number of nitrogens with zero attached hydrogens (tertiary/aromatic N) is 2. The molecule has 8 heteroatoms. The van der Waals surface area contributed by atoms with E-state index < -0.39 is 17.6 Å². The minimum atomic E-state index is -4.52. The molecule has 4 nitrogen and oxygen atoms in total. The van der Waals surface area contributed by atoms with Gasteiger partial charge in [-0.1, -0.05) is 11.6 Å². The predicted molar refractivity (Wildman–Crippen MR) is 66.4 cm³/mol. The van der Waals surface area contributed by atoms with Crippen LogP contribution in [0.5, 0.6) is 0 Å². The van der Waals surface area contributed by atoms with E-state index in [2.05, 4.69) is 15.3 Å². The van der Waals surface area contributed by atoms with Crippen LogP contribution in [0.2, 0.25) is 5.02 Å². The van der Waals surface area contributed by atoms with Crippen LogP contribution >= 0.6 is 11.6 Å². The summed E-state index contributed by atoms with van der Waals surface area (Å²) in [6.07, 6.45) is -1.83. The lowest BCUT2D eigenvalue weighted by Crippen LogP contribution is -2.16. The minimum Gasteiger partial charge on any atom is -0.318 e. The van der Waals surface area contributed by atoms with Gasteiger partial charge in [-0.3, -0.25) is 4.79 Å². The van der Waals surface area contributed by atoms with E-state index in [1.165, 1.54) is 18.5 Å². The van der Waals surface area contributed by atoms with E-state index in [9.17, 15) is 18.0 Å². The highest BCUT2D eigenvalue weighted by atomic mass is 35.5. The van der Waals surface area contributed by atoms with Crippen molar-refractivity contribution in [3.05, 3.63) is 53.1 Å². The summed E-state index contributed by atoms with van der Waals surface area (Å²) in [4.78, 5) is 19.1. The molecule has 0 aliphatic carbocycles. The lowest BCUT2D eigenvalue weighted by Gasteiger charge is -2.11. The lowest BCUT2D eigenvalue weighted by molar-refractivity contribution is -0.137. The highest BCUT2D eigenvalue weighted by molar-refractivity contribution is 6.33. The Balaban J connectivity index is 2.27. The number of hydrogen-bond donors (Lipinski definition) is 1. The van der Waals surface area contributed by atoms with Gasteiger partial charge in [-0.15, -0.1) is 0 Å². The molecule has 0 saturated carbocycles. The summed E-state index contributed by atoms with van der Waals surface area (Å²) < 4.78 is 37.7. The first kappa shape index (κ1) is 14.3. The Labute approximate surface area is 116 Å². The minimum absolute atomic E-state index is 0.0118. The first-order valence-electron chi connectivity index (χ1n) is 5.33. The number of amides is 1. The fourth-order valence-corrected chi connectivity index (χ4v) is 1.56. The molecule has 0 bridgehead atoms. The highest BCUT2D eigenvalue weighted by Gasteiger charge is 2.31. The van der Waals surface area contributed by atoms with Gasteiger partial charge in [0.1, 0.15) is 0 Å². The van der Waals surface area contributed by atoms with E-state index in [1.807, 2.05) is 0 Å². The number of alkyl halides is 3. The number of carbonyl (C=O) groups excluding carboxylic acids is 1. The molecule has 0 radical (unpaired) electrons. The molecule has 0 spiro atoms. The van der Waals surface area contributed by atoms with E-state index in [0.29, 0.717) is 0 Å². The molecule has 0 fully saturated rings. The molecule has 1 aromatic carbocycles. The van der Waals surface area contributed by atoms with E-state index >= 15 is 0 Å². The molecule has 1 N–H and O–H groups in total. The normalized spacial score (nSPS) is 11.2. The predicted octanol–water partition coefficient (Wildman–Crippen LogP) is 3.40. The van der Waals surface area contributed by atoms with Gasteiger partial charge in [-0.25, -0.2) is 9.97 Å². The second kappa shape index (κ2) is 5.46. The van der Waals surface area contributed by atoms with Crippen molar-refractivity contribution in [2.24, 2.45) is 0 Å². The Morgan fingerprint density at radius 1 is 1.20 bits per heavy atom. The SMILES string of the molecule is O=C(Nc1cc(C(F)(F)F)ccc1Cl)c1ncccn1. The van der Waals surface area contributed by atoms with E-state index in [4.69, 9.17) is 11.6 Å². The van der Waals surface area contributed by atoms with Gasteiger partial charge in [-0.2, -0.15) is 13.2 Å².